The van der Waals surface area contributed by atoms with Gasteiger partial charge in [0.2, 0.25) is 5.91 Å². The van der Waals surface area contributed by atoms with Crippen molar-refractivity contribution >= 4 is 23.4 Å². The van der Waals surface area contributed by atoms with Gasteiger partial charge in [0.25, 0.3) is 0 Å². The van der Waals surface area contributed by atoms with Gasteiger partial charge in [0.1, 0.15) is 5.82 Å². The molecule has 0 aliphatic heterocycles. The maximum absolute atomic E-state index is 12.0. The van der Waals surface area contributed by atoms with E-state index in [1.807, 2.05) is 17.8 Å². The number of urea groups is 1. The smallest absolute Gasteiger partial charge is 0.319 e. The standard InChI is InChI=1S/C17H22N6O2/c1-11(24)22(2)16-7-6-13(9-18-16)20-17(25)19-10-14-8-15(12-4-5-12)23(3)21-14/h6-9,12H,4-5,10H2,1-3H3,(H2,19,20,25). The Morgan fingerprint density at radius 3 is 2.72 bits per heavy atom. The fourth-order valence-corrected chi connectivity index (χ4v) is 2.56. The fraction of sp³-hybridized carbons (Fsp3) is 0.412. The summed E-state index contributed by atoms with van der Waals surface area (Å²) in [5, 5.41) is 9.92. The minimum atomic E-state index is -0.326. The maximum Gasteiger partial charge on any atom is 0.319 e. The SMILES string of the molecule is CC(=O)N(C)c1ccc(NC(=O)NCc2cc(C3CC3)n(C)n2)cn1. The molecule has 1 aliphatic rings. The number of nitrogens with one attached hydrogen (secondary N) is 2. The molecule has 3 amide bonds. The van der Waals surface area contributed by atoms with E-state index < -0.39 is 0 Å². The molecule has 1 fully saturated rings. The van der Waals surface area contributed by atoms with Crippen LogP contribution in [-0.4, -0.2) is 33.8 Å². The van der Waals surface area contributed by atoms with E-state index >= 15 is 0 Å². The molecule has 8 nitrogen and oxygen atoms in total. The van der Waals surface area contributed by atoms with Crippen LogP contribution in [0, 0.1) is 0 Å². The topological polar surface area (TPSA) is 92.2 Å². The summed E-state index contributed by atoms with van der Waals surface area (Å²) in [6.45, 7) is 1.83. The molecule has 1 aliphatic carbocycles. The Balaban J connectivity index is 1.52. The van der Waals surface area contributed by atoms with Crippen molar-refractivity contribution in [3.05, 3.63) is 35.8 Å². The van der Waals surface area contributed by atoms with Crippen LogP contribution in [-0.2, 0) is 18.4 Å². The second-order valence-electron chi connectivity index (χ2n) is 6.25. The molecule has 8 heteroatoms. The lowest BCUT2D eigenvalue weighted by atomic mass is 10.2. The van der Waals surface area contributed by atoms with E-state index in [2.05, 4.69) is 20.7 Å². The molecule has 2 aromatic heterocycles. The van der Waals surface area contributed by atoms with Gasteiger partial charge in [0.15, 0.2) is 0 Å². The number of hydrogen-bond donors (Lipinski definition) is 2. The van der Waals surface area contributed by atoms with Gasteiger partial charge in [-0.2, -0.15) is 5.10 Å². The van der Waals surface area contributed by atoms with Crippen molar-refractivity contribution in [1.29, 1.82) is 0 Å². The minimum Gasteiger partial charge on any atom is -0.332 e. The van der Waals surface area contributed by atoms with Crippen LogP contribution in [0.3, 0.4) is 0 Å². The lowest BCUT2D eigenvalue weighted by molar-refractivity contribution is -0.116. The van der Waals surface area contributed by atoms with Crippen LogP contribution >= 0.6 is 0 Å². The van der Waals surface area contributed by atoms with Gasteiger partial charge in [0.05, 0.1) is 24.1 Å². The summed E-state index contributed by atoms with van der Waals surface area (Å²) in [4.78, 5) is 28.9. The van der Waals surface area contributed by atoms with Crippen LogP contribution < -0.4 is 15.5 Å². The van der Waals surface area contributed by atoms with Crippen molar-refractivity contribution < 1.29 is 9.59 Å². The van der Waals surface area contributed by atoms with Crippen molar-refractivity contribution in [1.82, 2.24) is 20.1 Å². The van der Waals surface area contributed by atoms with Gasteiger partial charge >= 0.3 is 6.03 Å². The van der Waals surface area contributed by atoms with Crippen molar-refractivity contribution in [2.24, 2.45) is 7.05 Å². The van der Waals surface area contributed by atoms with E-state index in [9.17, 15) is 9.59 Å². The maximum atomic E-state index is 12.0. The molecule has 1 saturated carbocycles. The predicted octanol–water partition coefficient (Wildman–Crippen LogP) is 2.00. The zero-order valence-corrected chi connectivity index (χ0v) is 14.6. The Morgan fingerprint density at radius 1 is 1.36 bits per heavy atom. The van der Waals surface area contributed by atoms with E-state index in [4.69, 9.17) is 0 Å². The molecule has 3 rings (SSSR count). The highest BCUT2D eigenvalue weighted by Crippen LogP contribution is 2.39. The molecular formula is C17H22N6O2. The molecule has 0 radical (unpaired) electrons. The van der Waals surface area contributed by atoms with Gasteiger partial charge in [-0.25, -0.2) is 9.78 Å². The van der Waals surface area contributed by atoms with Crippen LogP contribution in [0.15, 0.2) is 24.4 Å². The van der Waals surface area contributed by atoms with Crippen molar-refractivity contribution in [2.45, 2.75) is 32.2 Å². The summed E-state index contributed by atoms with van der Waals surface area (Å²) in [5.41, 5.74) is 2.63. The monoisotopic (exact) mass is 342 g/mol. The van der Waals surface area contributed by atoms with Gasteiger partial charge < -0.3 is 15.5 Å². The largest absolute Gasteiger partial charge is 0.332 e. The molecule has 0 atom stereocenters. The lowest BCUT2D eigenvalue weighted by Gasteiger charge is -2.14. The molecule has 0 bridgehead atoms. The number of aromatic nitrogens is 3. The second-order valence-corrected chi connectivity index (χ2v) is 6.25. The molecule has 2 N–H and O–H groups in total. The number of pyridine rings is 1. The van der Waals surface area contributed by atoms with Gasteiger partial charge in [-0.15, -0.1) is 0 Å². The summed E-state index contributed by atoms with van der Waals surface area (Å²) >= 11 is 0. The second kappa shape index (κ2) is 6.92. The van der Waals surface area contributed by atoms with Gasteiger partial charge in [-0.1, -0.05) is 0 Å². The highest BCUT2D eigenvalue weighted by molar-refractivity contribution is 5.91. The highest BCUT2D eigenvalue weighted by Gasteiger charge is 2.27. The zero-order chi connectivity index (χ0) is 18.0. The third-order valence-corrected chi connectivity index (χ3v) is 4.21. The fourth-order valence-electron chi connectivity index (χ4n) is 2.56. The first-order valence-corrected chi connectivity index (χ1v) is 8.22. The highest BCUT2D eigenvalue weighted by atomic mass is 16.2. The molecule has 0 aromatic carbocycles. The number of amides is 3. The average molecular weight is 342 g/mol. The average Bonchev–Trinajstić information content (AvgIpc) is 3.36. The summed E-state index contributed by atoms with van der Waals surface area (Å²) in [6, 6.07) is 5.10. The Labute approximate surface area is 146 Å². The predicted molar refractivity (Wildman–Crippen MR) is 94.4 cm³/mol. The molecule has 132 valence electrons. The number of hydrogen-bond acceptors (Lipinski definition) is 4. The molecule has 25 heavy (non-hydrogen) atoms. The van der Waals surface area contributed by atoms with Gasteiger partial charge in [0, 0.05) is 32.6 Å². The molecule has 2 aromatic rings. The van der Waals surface area contributed by atoms with Crippen LogP contribution in [0.2, 0.25) is 0 Å². The van der Waals surface area contributed by atoms with Crippen LogP contribution in [0.1, 0.15) is 37.1 Å². The number of anilines is 2. The van der Waals surface area contributed by atoms with Crippen LogP contribution in [0.5, 0.6) is 0 Å². The normalized spacial score (nSPS) is 13.4. The molecule has 0 unspecified atom stereocenters. The Bertz CT molecular complexity index is 779. The Hall–Kier alpha value is -2.90. The number of carbonyl (C=O) groups excluding carboxylic acids is 2. The van der Waals surface area contributed by atoms with E-state index in [0.717, 1.165) is 5.69 Å². The van der Waals surface area contributed by atoms with Crippen molar-refractivity contribution in [3.63, 3.8) is 0 Å². The van der Waals surface area contributed by atoms with Crippen LogP contribution in [0.25, 0.3) is 0 Å². The number of aryl methyl sites for hydroxylation is 1. The molecule has 2 heterocycles. The van der Waals surface area contributed by atoms with Crippen LogP contribution in [0.4, 0.5) is 16.3 Å². The summed E-state index contributed by atoms with van der Waals surface area (Å²) < 4.78 is 1.89. The van der Waals surface area contributed by atoms with Gasteiger partial charge in [-0.3, -0.25) is 9.48 Å². The van der Waals surface area contributed by atoms with E-state index in [0.29, 0.717) is 24.0 Å². The molecule has 0 saturated heterocycles. The molecular weight excluding hydrogens is 320 g/mol. The van der Waals surface area contributed by atoms with E-state index in [-0.39, 0.29) is 11.9 Å². The minimum absolute atomic E-state index is 0.105. The lowest BCUT2D eigenvalue weighted by Crippen LogP contribution is -2.28. The number of rotatable bonds is 5. The third-order valence-electron chi connectivity index (χ3n) is 4.21. The quantitative estimate of drug-likeness (QED) is 0.869. The molecule has 0 spiro atoms. The summed E-state index contributed by atoms with van der Waals surface area (Å²) in [7, 11) is 3.58. The first kappa shape index (κ1) is 16.9. The summed E-state index contributed by atoms with van der Waals surface area (Å²) in [6.07, 6.45) is 3.95. The third kappa shape index (κ3) is 4.14. The first-order valence-electron chi connectivity index (χ1n) is 8.22. The zero-order valence-electron chi connectivity index (χ0n) is 14.6. The van der Waals surface area contributed by atoms with E-state index in [1.54, 1.807) is 19.2 Å². The number of carbonyl (C=O) groups is 2. The van der Waals surface area contributed by atoms with Crippen molar-refractivity contribution in [3.8, 4) is 0 Å². The van der Waals surface area contributed by atoms with Crippen molar-refractivity contribution in [2.75, 3.05) is 17.3 Å². The Kier molecular flexibility index (Phi) is 4.69. The summed E-state index contributed by atoms with van der Waals surface area (Å²) in [5.74, 6) is 1.05. The number of nitrogens with zero attached hydrogens (tertiary/aromatic N) is 4. The first-order chi connectivity index (χ1) is 11.9. The van der Waals surface area contributed by atoms with Gasteiger partial charge in [-0.05, 0) is 31.0 Å². The Morgan fingerprint density at radius 2 is 2.12 bits per heavy atom. The van der Waals surface area contributed by atoms with E-state index in [1.165, 1.54) is 36.6 Å².